The van der Waals surface area contributed by atoms with Crippen LogP contribution in [0.1, 0.15) is 39.0 Å². The van der Waals surface area contributed by atoms with E-state index in [-0.39, 0.29) is 13.0 Å². The first kappa shape index (κ1) is 14.9. The highest BCUT2D eigenvalue weighted by Gasteiger charge is 2.42. The van der Waals surface area contributed by atoms with Gasteiger partial charge in [0.1, 0.15) is 0 Å². The number of aliphatic carboxylic acids is 1. The van der Waals surface area contributed by atoms with Crippen molar-refractivity contribution >= 4 is 16.0 Å². The smallest absolute Gasteiger partial charge is 0.310 e. The molecule has 0 aromatic heterocycles. The van der Waals surface area contributed by atoms with Gasteiger partial charge in [-0.2, -0.15) is 5.26 Å². The van der Waals surface area contributed by atoms with Gasteiger partial charge in [-0.15, -0.1) is 0 Å². The molecule has 1 saturated carbocycles. The molecule has 1 atom stereocenters. The van der Waals surface area contributed by atoms with Gasteiger partial charge in [0.05, 0.1) is 11.5 Å². The average molecular weight is 274 g/mol. The number of nitrogens with zero attached hydrogens (tertiary/aromatic N) is 1. The molecule has 1 unspecified atom stereocenters. The van der Waals surface area contributed by atoms with Crippen molar-refractivity contribution in [2.45, 2.75) is 44.3 Å². The molecule has 102 valence electrons. The molecule has 1 fully saturated rings. The lowest BCUT2D eigenvalue weighted by atomic mass is 9.87. The van der Waals surface area contributed by atoms with Gasteiger partial charge in [0.15, 0.2) is 5.25 Å². The van der Waals surface area contributed by atoms with Crippen molar-refractivity contribution in [3.8, 4) is 6.07 Å². The van der Waals surface area contributed by atoms with Gasteiger partial charge in [0, 0.05) is 6.54 Å². The highest BCUT2D eigenvalue weighted by atomic mass is 32.2. The Morgan fingerprint density at radius 1 is 1.50 bits per heavy atom. The van der Waals surface area contributed by atoms with E-state index in [1.807, 2.05) is 0 Å². The van der Waals surface area contributed by atoms with Crippen LogP contribution in [0.2, 0.25) is 0 Å². The first-order chi connectivity index (χ1) is 8.38. The van der Waals surface area contributed by atoms with Crippen molar-refractivity contribution < 1.29 is 18.3 Å². The minimum absolute atomic E-state index is 0.122. The van der Waals surface area contributed by atoms with Crippen LogP contribution in [-0.4, -0.2) is 31.3 Å². The quantitative estimate of drug-likeness (QED) is 0.746. The third-order valence-corrected chi connectivity index (χ3v) is 5.25. The van der Waals surface area contributed by atoms with Crippen LogP contribution in [0.25, 0.3) is 0 Å². The van der Waals surface area contributed by atoms with Gasteiger partial charge in [-0.05, 0) is 19.3 Å². The number of sulfonamides is 1. The Kier molecular flexibility index (Phi) is 4.71. The van der Waals surface area contributed by atoms with E-state index in [9.17, 15) is 18.3 Å². The van der Waals surface area contributed by atoms with E-state index >= 15 is 0 Å². The monoisotopic (exact) mass is 274 g/mol. The second kappa shape index (κ2) is 5.67. The molecule has 1 aliphatic carbocycles. The first-order valence-electron chi connectivity index (χ1n) is 5.99. The van der Waals surface area contributed by atoms with Crippen LogP contribution in [0, 0.1) is 16.7 Å². The fourth-order valence-corrected chi connectivity index (χ4v) is 3.49. The number of nitrogens with one attached hydrogen (secondary N) is 1. The van der Waals surface area contributed by atoms with Crippen molar-refractivity contribution in [1.29, 1.82) is 5.26 Å². The molecule has 0 aromatic carbocycles. The second-order valence-electron chi connectivity index (χ2n) is 4.68. The van der Waals surface area contributed by atoms with Crippen LogP contribution in [-0.2, 0) is 14.8 Å². The van der Waals surface area contributed by atoms with E-state index in [0.717, 1.165) is 12.8 Å². The predicted octanol–water partition coefficient (Wildman–Crippen LogP) is 0.853. The summed E-state index contributed by atoms with van der Waals surface area (Å²) in [7, 11) is -3.76. The first-order valence-corrected chi connectivity index (χ1v) is 7.54. The molecule has 0 aliphatic heterocycles. The maximum Gasteiger partial charge on any atom is 0.310 e. The highest BCUT2D eigenvalue weighted by molar-refractivity contribution is 7.90. The predicted molar refractivity (Wildman–Crippen MR) is 65.2 cm³/mol. The third-order valence-electron chi connectivity index (χ3n) is 3.52. The van der Waals surface area contributed by atoms with Gasteiger partial charge in [0.25, 0.3) is 0 Å². The van der Waals surface area contributed by atoms with Crippen LogP contribution in [0.4, 0.5) is 0 Å². The van der Waals surface area contributed by atoms with Crippen molar-refractivity contribution in [1.82, 2.24) is 4.72 Å². The Bertz CT molecular complexity index is 446. The van der Waals surface area contributed by atoms with Gasteiger partial charge in [-0.3, -0.25) is 4.79 Å². The van der Waals surface area contributed by atoms with Crippen molar-refractivity contribution in [3.63, 3.8) is 0 Å². The Hall–Kier alpha value is -1.13. The normalized spacial score (nSPS) is 20.2. The molecule has 18 heavy (non-hydrogen) atoms. The molecule has 0 spiro atoms. The molecular weight excluding hydrogens is 256 g/mol. The van der Waals surface area contributed by atoms with Crippen LogP contribution in [0.15, 0.2) is 0 Å². The minimum Gasteiger partial charge on any atom is -0.481 e. The SMILES string of the molecule is CCC(C#N)S(=O)(=O)NCC1(C(=O)O)CCCC1. The third kappa shape index (κ3) is 3.00. The topological polar surface area (TPSA) is 107 Å². The number of hydrogen-bond donors (Lipinski definition) is 2. The van der Waals surface area contributed by atoms with E-state index in [1.165, 1.54) is 0 Å². The summed E-state index contributed by atoms with van der Waals surface area (Å²) in [6.07, 6.45) is 2.74. The summed E-state index contributed by atoms with van der Waals surface area (Å²) in [5.74, 6) is -0.965. The number of nitriles is 1. The largest absolute Gasteiger partial charge is 0.481 e. The number of carboxylic acid groups (broad SMARTS) is 1. The molecule has 7 heteroatoms. The van der Waals surface area contributed by atoms with Gasteiger partial charge in [-0.1, -0.05) is 19.8 Å². The number of rotatable bonds is 6. The average Bonchev–Trinajstić information content (AvgIpc) is 2.78. The minimum atomic E-state index is -3.76. The summed E-state index contributed by atoms with van der Waals surface area (Å²) >= 11 is 0. The van der Waals surface area contributed by atoms with E-state index < -0.39 is 26.7 Å². The Balaban J connectivity index is 2.75. The molecule has 1 rings (SSSR count). The van der Waals surface area contributed by atoms with E-state index in [0.29, 0.717) is 12.8 Å². The van der Waals surface area contributed by atoms with Gasteiger partial charge in [-0.25, -0.2) is 13.1 Å². The number of hydrogen-bond acceptors (Lipinski definition) is 4. The summed E-state index contributed by atoms with van der Waals surface area (Å²) in [5.41, 5.74) is -0.999. The van der Waals surface area contributed by atoms with Crippen molar-refractivity contribution in [2.75, 3.05) is 6.54 Å². The van der Waals surface area contributed by atoms with Gasteiger partial charge < -0.3 is 5.11 Å². The molecule has 0 saturated heterocycles. The van der Waals surface area contributed by atoms with Crippen molar-refractivity contribution in [2.24, 2.45) is 5.41 Å². The molecule has 2 N–H and O–H groups in total. The van der Waals surface area contributed by atoms with Gasteiger partial charge >= 0.3 is 5.97 Å². The summed E-state index contributed by atoms with van der Waals surface area (Å²) in [6.45, 7) is 1.48. The van der Waals surface area contributed by atoms with Crippen LogP contribution in [0.5, 0.6) is 0 Å². The van der Waals surface area contributed by atoms with E-state index in [2.05, 4.69) is 4.72 Å². The standard InChI is InChI=1S/C11H18N2O4S/c1-2-9(7-12)18(16,17)13-8-11(10(14)15)5-3-4-6-11/h9,13H,2-6,8H2,1H3,(H,14,15). The number of carbonyl (C=O) groups is 1. The zero-order valence-electron chi connectivity index (χ0n) is 10.3. The molecule has 0 amide bonds. The van der Waals surface area contributed by atoms with Crippen LogP contribution < -0.4 is 4.72 Å². The maximum atomic E-state index is 11.8. The molecular formula is C11H18N2O4S. The Morgan fingerprint density at radius 3 is 2.44 bits per heavy atom. The lowest BCUT2D eigenvalue weighted by molar-refractivity contribution is -0.148. The molecule has 0 heterocycles. The molecule has 0 aromatic rings. The Morgan fingerprint density at radius 2 is 2.06 bits per heavy atom. The summed E-state index contributed by atoms with van der Waals surface area (Å²) in [5, 5.41) is 16.8. The Labute approximate surface area is 107 Å². The molecule has 0 bridgehead atoms. The van der Waals surface area contributed by atoms with Crippen LogP contribution in [0.3, 0.4) is 0 Å². The molecule has 0 radical (unpaired) electrons. The molecule has 6 nitrogen and oxygen atoms in total. The van der Waals surface area contributed by atoms with Gasteiger partial charge in [0.2, 0.25) is 10.0 Å². The zero-order valence-corrected chi connectivity index (χ0v) is 11.2. The fourth-order valence-electron chi connectivity index (χ4n) is 2.24. The fraction of sp³-hybridized carbons (Fsp3) is 0.818. The van der Waals surface area contributed by atoms with E-state index in [4.69, 9.17) is 5.26 Å². The van der Waals surface area contributed by atoms with Crippen LogP contribution >= 0.6 is 0 Å². The maximum absolute atomic E-state index is 11.8. The zero-order chi connectivity index (χ0) is 13.8. The molecule has 1 aliphatic rings. The summed E-state index contributed by atoms with van der Waals surface area (Å²) < 4.78 is 25.9. The lowest BCUT2D eigenvalue weighted by Gasteiger charge is -2.24. The lowest BCUT2D eigenvalue weighted by Crippen LogP contribution is -2.44. The second-order valence-corrected chi connectivity index (χ2v) is 6.63. The summed E-state index contributed by atoms with van der Waals surface area (Å²) in [6, 6.07) is 1.71. The van der Waals surface area contributed by atoms with Crippen molar-refractivity contribution in [3.05, 3.63) is 0 Å². The summed E-state index contributed by atoms with van der Waals surface area (Å²) in [4.78, 5) is 11.2. The van der Waals surface area contributed by atoms with E-state index in [1.54, 1.807) is 13.0 Å². The highest BCUT2D eigenvalue weighted by Crippen LogP contribution is 2.37. The number of carboxylic acids is 1.